The summed E-state index contributed by atoms with van der Waals surface area (Å²) >= 11 is 0. The quantitative estimate of drug-likeness (QED) is 0.796. The first-order chi connectivity index (χ1) is 13.3. The van der Waals surface area contributed by atoms with Crippen LogP contribution in [0.1, 0.15) is 30.4 Å². The van der Waals surface area contributed by atoms with Crippen LogP contribution in [0.2, 0.25) is 0 Å². The second-order valence-electron chi connectivity index (χ2n) is 6.56. The van der Waals surface area contributed by atoms with Gasteiger partial charge >= 0.3 is 12.2 Å². The van der Waals surface area contributed by atoms with Gasteiger partial charge in [0, 0.05) is 18.2 Å². The molecule has 0 saturated heterocycles. The number of anilines is 1. The lowest BCUT2D eigenvalue weighted by Crippen LogP contribution is -2.37. The molecule has 0 unspecified atom stereocenters. The van der Waals surface area contributed by atoms with Crippen LogP contribution >= 0.6 is 0 Å². The zero-order valence-electron chi connectivity index (χ0n) is 14.8. The number of hydrogen-bond acceptors (Lipinski definition) is 3. The van der Waals surface area contributed by atoms with Gasteiger partial charge < -0.3 is 15.4 Å². The van der Waals surface area contributed by atoms with Crippen molar-refractivity contribution in [2.75, 3.05) is 5.32 Å². The Bertz CT molecular complexity index is 876. The normalized spacial score (nSPS) is 18.9. The van der Waals surface area contributed by atoms with Crippen molar-refractivity contribution in [1.82, 2.24) is 5.32 Å². The Morgan fingerprint density at radius 2 is 1.89 bits per heavy atom. The monoisotopic (exact) mass is 389 g/mol. The van der Waals surface area contributed by atoms with Gasteiger partial charge in [0.15, 0.2) is 0 Å². The van der Waals surface area contributed by atoms with Crippen LogP contribution in [-0.4, -0.2) is 18.2 Å². The van der Waals surface area contributed by atoms with E-state index >= 15 is 0 Å². The van der Waals surface area contributed by atoms with E-state index in [1.807, 2.05) is 6.07 Å². The molecule has 0 spiro atoms. The van der Waals surface area contributed by atoms with Crippen LogP contribution in [-0.2, 0) is 6.18 Å². The fourth-order valence-electron chi connectivity index (χ4n) is 3.11. The fourth-order valence-corrected chi connectivity index (χ4v) is 3.11. The molecule has 2 atom stereocenters. The summed E-state index contributed by atoms with van der Waals surface area (Å²) < 4.78 is 43.5. The van der Waals surface area contributed by atoms with Crippen LogP contribution in [0.3, 0.4) is 0 Å². The van der Waals surface area contributed by atoms with Gasteiger partial charge in [0.25, 0.3) is 0 Å². The lowest BCUT2D eigenvalue weighted by atomic mass is 10.2. The molecule has 2 aromatic carbocycles. The SMILES string of the molecule is N#Cc1cccc(NC(=O)N[C@H]2CC[C@H](Oc3ccc(C(F)(F)F)cc3)C2)c1. The van der Waals surface area contributed by atoms with Gasteiger partial charge in [0.05, 0.1) is 17.2 Å². The minimum Gasteiger partial charge on any atom is -0.490 e. The first kappa shape index (κ1) is 19.5. The summed E-state index contributed by atoms with van der Waals surface area (Å²) in [4.78, 5) is 12.1. The highest BCUT2D eigenvalue weighted by Gasteiger charge is 2.31. The molecule has 0 radical (unpaired) electrons. The van der Waals surface area contributed by atoms with Gasteiger partial charge in [-0.3, -0.25) is 0 Å². The number of benzene rings is 2. The third-order valence-electron chi connectivity index (χ3n) is 4.45. The number of amides is 2. The molecular weight excluding hydrogens is 371 g/mol. The standard InChI is InChI=1S/C20H18F3N3O2/c21-20(22,23)14-4-7-17(8-5-14)28-18-9-6-16(11-18)26-19(27)25-15-3-1-2-13(10-15)12-24/h1-5,7-8,10,16,18H,6,9,11H2,(H2,25,26,27)/t16-,18-/m0/s1. The topological polar surface area (TPSA) is 74.2 Å². The molecule has 1 saturated carbocycles. The Balaban J connectivity index is 1.48. The van der Waals surface area contributed by atoms with Gasteiger partial charge in [-0.25, -0.2) is 4.79 Å². The number of nitrogens with zero attached hydrogens (tertiary/aromatic N) is 1. The third kappa shape index (κ3) is 5.16. The number of urea groups is 1. The number of carbonyl (C=O) groups is 1. The summed E-state index contributed by atoms with van der Waals surface area (Å²) in [5.74, 6) is 0.372. The fraction of sp³-hybridized carbons (Fsp3) is 0.300. The number of rotatable bonds is 4. The van der Waals surface area contributed by atoms with Crippen LogP contribution in [0.5, 0.6) is 5.75 Å². The van der Waals surface area contributed by atoms with Crippen LogP contribution in [0.4, 0.5) is 23.7 Å². The number of hydrogen-bond donors (Lipinski definition) is 2. The molecular formula is C20H18F3N3O2. The molecule has 3 rings (SSSR count). The smallest absolute Gasteiger partial charge is 0.416 e. The summed E-state index contributed by atoms with van der Waals surface area (Å²) in [6.07, 6.45) is -2.59. The van der Waals surface area contributed by atoms with Crippen LogP contribution in [0, 0.1) is 11.3 Å². The molecule has 1 aliphatic rings. The van der Waals surface area contributed by atoms with Crippen molar-refractivity contribution in [2.45, 2.75) is 37.6 Å². The molecule has 1 aliphatic carbocycles. The maximum absolute atomic E-state index is 12.6. The number of alkyl halides is 3. The number of ether oxygens (including phenoxy) is 1. The molecule has 146 valence electrons. The van der Waals surface area contributed by atoms with Crippen LogP contribution in [0.15, 0.2) is 48.5 Å². The highest BCUT2D eigenvalue weighted by atomic mass is 19.4. The minimum atomic E-state index is -4.37. The highest BCUT2D eigenvalue weighted by Crippen LogP contribution is 2.31. The molecule has 2 amide bonds. The van der Waals surface area contributed by atoms with Gasteiger partial charge in [-0.15, -0.1) is 0 Å². The molecule has 0 aromatic heterocycles. The van der Waals surface area contributed by atoms with Crippen molar-refractivity contribution >= 4 is 11.7 Å². The van der Waals surface area contributed by atoms with E-state index in [1.54, 1.807) is 24.3 Å². The van der Waals surface area contributed by atoms with Crippen molar-refractivity contribution < 1.29 is 22.7 Å². The average Bonchev–Trinajstić information content (AvgIpc) is 3.08. The lowest BCUT2D eigenvalue weighted by molar-refractivity contribution is -0.137. The molecule has 1 fully saturated rings. The molecule has 28 heavy (non-hydrogen) atoms. The van der Waals surface area contributed by atoms with Crippen molar-refractivity contribution in [3.63, 3.8) is 0 Å². The third-order valence-corrected chi connectivity index (χ3v) is 4.45. The second kappa shape index (κ2) is 8.21. The Hall–Kier alpha value is -3.21. The molecule has 0 aliphatic heterocycles. The van der Waals surface area contributed by atoms with E-state index < -0.39 is 11.7 Å². The molecule has 0 bridgehead atoms. The van der Waals surface area contributed by atoms with Gasteiger partial charge in [-0.2, -0.15) is 18.4 Å². The summed E-state index contributed by atoms with van der Waals surface area (Å²) in [7, 11) is 0. The van der Waals surface area contributed by atoms with Crippen LogP contribution in [0.25, 0.3) is 0 Å². The Kier molecular flexibility index (Phi) is 5.73. The van der Waals surface area contributed by atoms with E-state index in [-0.39, 0.29) is 18.2 Å². The van der Waals surface area contributed by atoms with Crippen molar-refractivity contribution in [1.29, 1.82) is 5.26 Å². The number of halogens is 3. The highest BCUT2D eigenvalue weighted by molar-refractivity contribution is 5.89. The van der Waals surface area contributed by atoms with Gasteiger partial charge in [-0.1, -0.05) is 6.07 Å². The maximum atomic E-state index is 12.6. The van der Waals surface area contributed by atoms with Crippen LogP contribution < -0.4 is 15.4 Å². The average molecular weight is 389 g/mol. The Labute approximate surface area is 160 Å². The van der Waals surface area contributed by atoms with Gasteiger partial charge in [0.1, 0.15) is 11.9 Å². The van der Waals surface area contributed by atoms with Gasteiger partial charge in [0.2, 0.25) is 0 Å². The summed E-state index contributed by atoms with van der Waals surface area (Å²) in [6.45, 7) is 0. The first-order valence-corrected chi connectivity index (χ1v) is 8.75. The molecule has 8 heteroatoms. The van der Waals surface area contributed by atoms with E-state index in [9.17, 15) is 18.0 Å². The zero-order valence-corrected chi connectivity index (χ0v) is 14.8. The zero-order chi connectivity index (χ0) is 20.1. The molecule has 5 nitrogen and oxygen atoms in total. The van der Waals surface area contributed by atoms with E-state index in [0.29, 0.717) is 36.3 Å². The number of nitrogens with one attached hydrogen (secondary N) is 2. The largest absolute Gasteiger partial charge is 0.490 e. The van der Waals surface area contributed by atoms with E-state index in [1.165, 1.54) is 12.1 Å². The van der Waals surface area contributed by atoms with E-state index in [0.717, 1.165) is 12.1 Å². The van der Waals surface area contributed by atoms with Crippen molar-refractivity contribution in [3.8, 4) is 11.8 Å². The Morgan fingerprint density at radius 1 is 1.14 bits per heavy atom. The molecule has 0 heterocycles. The summed E-state index contributed by atoms with van der Waals surface area (Å²) in [5, 5.41) is 14.4. The minimum absolute atomic E-state index is 0.0985. The number of carbonyl (C=O) groups excluding carboxylic acids is 1. The Morgan fingerprint density at radius 3 is 2.57 bits per heavy atom. The predicted octanol–water partition coefficient (Wildman–Crippen LogP) is 4.70. The number of nitriles is 1. The van der Waals surface area contributed by atoms with Crippen molar-refractivity contribution in [2.24, 2.45) is 0 Å². The predicted molar refractivity (Wildman–Crippen MR) is 96.8 cm³/mol. The molecule has 2 aromatic rings. The van der Waals surface area contributed by atoms with Crippen molar-refractivity contribution in [3.05, 3.63) is 59.7 Å². The molecule has 2 N–H and O–H groups in total. The summed E-state index contributed by atoms with van der Waals surface area (Å²) in [5.41, 5.74) is 0.249. The van der Waals surface area contributed by atoms with Gasteiger partial charge in [-0.05, 0) is 55.3 Å². The maximum Gasteiger partial charge on any atom is 0.416 e. The summed E-state index contributed by atoms with van der Waals surface area (Å²) in [6, 6.07) is 12.7. The second-order valence-corrected chi connectivity index (χ2v) is 6.56. The van der Waals surface area contributed by atoms with E-state index in [4.69, 9.17) is 10.00 Å². The lowest BCUT2D eigenvalue weighted by Gasteiger charge is -2.16. The van der Waals surface area contributed by atoms with E-state index in [2.05, 4.69) is 10.6 Å². The first-order valence-electron chi connectivity index (χ1n) is 8.75.